The maximum Gasteiger partial charge on any atom is 0.270 e. The summed E-state index contributed by atoms with van der Waals surface area (Å²) in [5.41, 5.74) is 1.19. The Morgan fingerprint density at radius 2 is 2.07 bits per heavy atom. The van der Waals surface area contributed by atoms with Gasteiger partial charge in [0.1, 0.15) is 5.71 Å². The van der Waals surface area contributed by atoms with Crippen LogP contribution in [0.2, 0.25) is 0 Å². The molecule has 0 radical (unpaired) electrons. The molecule has 1 aromatic carbocycles. The van der Waals surface area contributed by atoms with Crippen molar-refractivity contribution in [3.63, 3.8) is 0 Å². The molecule has 0 unspecified atom stereocenters. The highest BCUT2D eigenvalue weighted by atomic mass is 32.2. The molecular weight excluding hydrogens is 398 g/mol. The van der Waals surface area contributed by atoms with E-state index in [1.54, 1.807) is 4.90 Å². The number of hydrogen-bond donors (Lipinski definition) is 0. The summed E-state index contributed by atoms with van der Waals surface area (Å²) in [6, 6.07) is 5.06. The van der Waals surface area contributed by atoms with Crippen LogP contribution in [0.1, 0.15) is 31.7 Å². The van der Waals surface area contributed by atoms with Crippen LogP contribution in [-0.2, 0) is 26.0 Å². The zero-order valence-electron chi connectivity index (χ0n) is 16.2. The largest absolute Gasteiger partial charge is 0.454 e. The molecule has 1 fully saturated rings. The van der Waals surface area contributed by atoms with Gasteiger partial charge in [-0.2, -0.15) is 5.10 Å². The van der Waals surface area contributed by atoms with E-state index in [9.17, 15) is 18.0 Å². The molecule has 3 aliphatic rings. The first-order valence-electron chi connectivity index (χ1n) is 9.64. The Kier molecular flexibility index (Phi) is 5.20. The number of hydrogen-bond acceptors (Lipinski definition) is 7. The fourth-order valence-electron chi connectivity index (χ4n) is 3.75. The standard InChI is InChI=1S/C19H23N3O6S/c1-2-21(10-13-3-5-16-17(9-13)28-12-27-16)19(24)15-4-6-18(23)22(20-15)14-7-8-29(25,26)11-14/h3,5,9,14H,2,4,6-8,10-12H2,1H3/t14-/m0/s1. The monoisotopic (exact) mass is 421 g/mol. The number of sulfone groups is 1. The Bertz CT molecular complexity index is 974. The fraction of sp³-hybridized carbons (Fsp3) is 0.526. The first kappa shape index (κ1) is 19.7. The van der Waals surface area contributed by atoms with Crippen molar-refractivity contribution in [1.82, 2.24) is 9.91 Å². The summed E-state index contributed by atoms with van der Waals surface area (Å²) in [6.07, 6.45) is 0.766. The van der Waals surface area contributed by atoms with Gasteiger partial charge in [-0.1, -0.05) is 6.07 Å². The van der Waals surface area contributed by atoms with Gasteiger partial charge in [-0.05, 0) is 31.0 Å². The summed E-state index contributed by atoms with van der Waals surface area (Å²) in [5, 5.41) is 5.50. The zero-order valence-corrected chi connectivity index (χ0v) is 17.0. The van der Waals surface area contributed by atoms with Gasteiger partial charge in [0.05, 0.1) is 17.5 Å². The van der Waals surface area contributed by atoms with Crippen LogP contribution < -0.4 is 9.47 Å². The number of hydrazone groups is 1. The minimum absolute atomic E-state index is 0.0471. The van der Waals surface area contributed by atoms with Crippen LogP contribution in [0.3, 0.4) is 0 Å². The molecule has 2 amide bonds. The molecular formula is C19H23N3O6S. The highest BCUT2D eigenvalue weighted by Crippen LogP contribution is 2.33. The SMILES string of the molecule is CCN(Cc1ccc2c(c1)OCO2)C(=O)C1=NN([C@H]2CCS(=O)(=O)C2)C(=O)CC1. The lowest BCUT2D eigenvalue weighted by Gasteiger charge is -2.29. The summed E-state index contributed by atoms with van der Waals surface area (Å²) in [5.74, 6) is 0.802. The van der Waals surface area contributed by atoms with Crippen molar-refractivity contribution in [2.45, 2.75) is 38.8 Å². The third-order valence-corrected chi connectivity index (χ3v) is 7.09. The van der Waals surface area contributed by atoms with Crippen molar-refractivity contribution in [3.05, 3.63) is 23.8 Å². The smallest absolute Gasteiger partial charge is 0.270 e. The molecule has 0 N–H and O–H groups in total. The molecule has 0 bridgehead atoms. The third kappa shape index (κ3) is 4.07. The van der Waals surface area contributed by atoms with E-state index in [0.717, 1.165) is 5.56 Å². The van der Waals surface area contributed by atoms with Gasteiger partial charge in [0.15, 0.2) is 21.3 Å². The number of amides is 2. The molecule has 3 heterocycles. The number of nitrogens with zero attached hydrogens (tertiary/aromatic N) is 3. The first-order valence-corrected chi connectivity index (χ1v) is 11.5. The minimum atomic E-state index is -3.15. The quantitative estimate of drug-likeness (QED) is 0.700. The van der Waals surface area contributed by atoms with E-state index in [2.05, 4.69) is 5.10 Å². The van der Waals surface area contributed by atoms with Crippen molar-refractivity contribution < 1.29 is 27.5 Å². The molecule has 4 rings (SSSR count). The van der Waals surface area contributed by atoms with E-state index in [1.165, 1.54) is 5.01 Å². The molecule has 10 heteroatoms. The molecule has 0 aliphatic carbocycles. The van der Waals surface area contributed by atoms with Crippen LogP contribution in [-0.4, -0.2) is 66.7 Å². The Morgan fingerprint density at radius 3 is 2.79 bits per heavy atom. The fourth-order valence-corrected chi connectivity index (χ4v) is 5.44. The second kappa shape index (κ2) is 7.66. The van der Waals surface area contributed by atoms with Gasteiger partial charge < -0.3 is 14.4 Å². The topological polar surface area (TPSA) is 106 Å². The van der Waals surface area contributed by atoms with Crippen molar-refractivity contribution in [3.8, 4) is 11.5 Å². The van der Waals surface area contributed by atoms with Gasteiger partial charge in [-0.25, -0.2) is 13.4 Å². The normalized spacial score (nSPS) is 22.5. The second-order valence-corrected chi connectivity index (χ2v) is 9.58. The van der Waals surface area contributed by atoms with Crippen LogP contribution in [0, 0.1) is 0 Å². The predicted octanol–water partition coefficient (Wildman–Crippen LogP) is 0.929. The molecule has 1 saturated heterocycles. The van der Waals surface area contributed by atoms with E-state index in [0.29, 0.717) is 31.0 Å². The molecule has 156 valence electrons. The lowest BCUT2D eigenvalue weighted by molar-refractivity contribution is -0.134. The van der Waals surface area contributed by atoms with E-state index in [-0.39, 0.29) is 48.7 Å². The van der Waals surface area contributed by atoms with Gasteiger partial charge in [-0.3, -0.25) is 9.59 Å². The summed E-state index contributed by atoms with van der Waals surface area (Å²) in [7, 11) is -3.15. The number of rotatable bonds is 5. The molecule has 3 aliphatic heterocycles. The number of carbonyl (C=O) groups is 2. The Balaban J connectivity index is 1.50. The molecule has 1 aromatic rings. The predicted molar refractivity (Wildman–Crippen MR) is 104 cm³/mol. The van der Waals surface area contributed by atoms with Crippen LogP contribution in [0.15, 0.2) is 23.3 Å². The van der Waals surface area contributed by atoms with Crippen molar-refractivity contribution in [2.75, 3.05) is 24.8 Å². The second-order valence-electron chi connectivity index (χ2n) is 7.35. The van der Waals surface area contributed by atoms with Crippen molar-refractivity contribution in [1.29, 1.82) is 0 Å². The van der Waals surface area contributed by atoms with Crippen LogP contribution in [0.4, 0.5) is 0 Å². The Hall–Kier alpha value is -2.62. The lowest BCUT2D eigenvalue weighted by atomic mass is 10.1. The first-order chi connectivity index (χ1) is 13.9. The van der Waals surface area contributed by atoms with Gasteiger partial charge in [-0.15, -0.1) is 0 Å². The summed E-state index contributed by atoms with van der Waals surface area (Å²) in [4.78, 5) is 27.0. The van der Waals surface area contributed by atoms with E-state index < -0.39 is 15.9 Å². The highest BCUT2D eigenvalue weighted by molar-refractivity contribution is 7.91. The zero-order chi connectivity index (χ0) is 20.6. The molecule has 0 saturated carbocycles. The van der Waals surface area contributed by atoms with E-state index in [1.807, 2.05) is 25.1 Å². The maximum atomic E-state index is 13.0. The van der Waals surface area contributed by atoms with Crippen LogP contribution in [0.25, 0.3) is 0 Å². The van der Waals surface area contributed by atoms with Gasteiger partial charge in [0.25, 0.3) is 5.91 Å². The van der Waals surface area contributed by atoms with Crippen LogP contribution >= 0.6 is 0 Å². The molecule has 9 nitrogen and oxygen atoms in total. The minimum Gasteiger partial charge on any atom is -0.454 e. The summed E-state index contributed by atoms with van der Waals surface area (Å²) < 4.78 is 34.2. The van der Waals surface area contributed by atoms with Gasteiger partial charge >= 0.3 is 0 Å². The number of ether oxygens (including phenoxy) is 2. The number of benzene rings is 1. The molecule has 29 heavy (non-hydrogen) atoms. The van der Waals surface area contributed by atoms with Crippen molar-refractivity contribution >= 4 is 27.4 Å². The molecule has 0 aromatic heterocycles. The summed E-state index contributed by atoms with van der Waals surface area (Å²) >= 11 is 0. The third-order valence-electron chi connectivity index (χ3n) is 5.34. The number of carbonyl (C=O) groups excluding carboxylic acids is 2. The highest BCUT2D eigenvalue weighted by Gasteiger charge is 2.37. The Morgan fingerprint density at radius 1 is 1.28 bits per heavy atom. The average Bonchev–Trinajstić information content (AvgIpc) is 3.31. The molecule has 0 spiro atoms. The van der Waals surface area contributed by atoms with E-state index >= 15 is 0 Å². The number of fused-ring (bicyclic) bond motifs is 1. The Labute approximate surface area is 169 Å². The lowest BCUT2D eigenvalue weighted by Crippen LogP contribution is -2.44. The summed E-state index contributed by atoms with van der Waals surface area (Å²) in [6.45, 7) is 2.91. The van der Waals surface area contributed by atoms with Crippen LogP contribution in [0.5, 0.6) is 11.5 Å². The van der Waals surface area contributed by atoms with E-state index in [4.69, 9.17) is 9.47 Å². The maximum absolute atomic E-state index is 13.0. The van der Waals surface area contributed by atoms with Gasteiger partial charge in [0, 0.05) is 25.9 Å². The average molecular weight is 421 g/mol. The van der Waals surface area contributed by atoms with Crippen molar-refractivity contribution in [2.24, 2.45) is 5.10 Å². The molecule has 1 atom stereocenters. The van der Waals surface area contributed by atoms with Gasteiger partial charge in [0.2, 0.25) is 12.7 Å².